The van der Waals surface area contributed by atoms with Crippen molar-refractivity contribution < 1.29 is 32.9 Å². The molecule has 1 unspecified atom stereocenters. The van der Waals surface area contributed by atoms with Gasteiger partial charge in [0.15, 0.2) is 0 Å². The molecule has 1 aliphatic heterocycles. The minimum absolute atomic E-state index is 0.126. The van der Waals surface area contributed by atoms with Crippen molar-refractivity contribution in [3.05, 3.63) is 108 Å². The van der Waals surface area contributed by atoms with Crippen LogP contribution >= 0.6 is 0 Å². The highest BCUT2D eigenvalue weighted by Gasteiger charge is 2.21. The summed E-state index contributed by atoms with van der Waals surface area (Å²) in [5, 5.41) is 23.0. The topological polar surface area (TPSA) is 134 Å². The number of aliphatic hydroxyl groups excluding tert-OH is 1. The van der Waals surface area contributed by atoms with Gasteiger partial charge in [-0.3, -0.25) is 4.72 Å². The van der Waals surface area contributed by atoms with Crippen LogP contribution in [-0.4, -0.2) is 44.3 Å². The lowest BCUT2D eigenvalue weighted by molar-refractivity contribution is 0.0697. The first kappa shape index (κ1) is 27.2. The number of aromatic carboxylic acids is 1. The zero-order valence-corrected chi connectivity index (χ0v) is 22.2. The second-order valence-electron chi connectivity index (χ2n) is 9.27. The molecule has 5 rings (SSSR count). The molecule has 0 spiro atoms. The molecule has 1 heterocycles. The first-order chi connectivity index (χ1) is 19.3. The van der Waals surface area contributed by atoms with Gasteiger partial charge in [0, 0.05) is 24.7 Å². The Kier molecular flexibility index (Phi) is 8.01. The molecule has 0 saturated carbocycles. The van der Waals surface area contributed by atoms with Crippen LogP contribution in [0.1, 0.15) is 27.6 Å². The van der Waals surface area contributed by atoms with E-state index in [0.29, 0.717) is 30.2 Å². The lowest BCUT2D eigenvalue weighted by Crippen LogP contribution is -2.27. The van der Waals surface area contributed by atoms with Crippen molar-refractivity contribution in [2.45, 2.75) is 17.6 Å². The number of sulfonamides is 1. The molecule has 9 nitrogen and oxygen atoms in total. The lowest BCUT2D eigenvalue weighted by atomic mass is 10.0. The van der Waals surface area contributed by atoms with E-state index >= 15 is 0 Å². The maximum Gasteiger partial charge on any atom is 0.335 e. The first-order valence-corrected chi connectivity index (χ1v) is 14.1. The Labute approximate surface area is 232 Å². The number of anilines is 1. The summed E-state index contributed by atoms with van der Waals surface area (Å²) < 4.78 is 40.1. The molecular formula is C30H28N2O7S. The molecule has 4 aromatic carbocycles. The van der Waals surface area contributed by atoms with Crippen molar-refractivity contribution in [1.29, 1.82) is 0 Å². The zero-order chi connectivity index (χ0) is 28.1. The number of carbonyl (C=O) groups is 1. The number of hydrogen-bond acceptors (Lipinski definition) is 7. The molecule has 0 aliphatic carbocycles. The normalized spacial score (nSPS) is 14.3. The number of carboxylic acid groups (broad SMARTS) is 1. The number of benzene rings is 4. The monoisotopic (exact) mass is 560 g/mol. The molecule has 0 aromatic heterocycles. The second kappa shape index (κ2) is 11.8. The summed E-state index contributed by atoms with van der Waals surface area (Å²) in [7, 11) is -3.84. The summed E-state index contributed by atoms with van der Waals surface area (Å²) in [6.45, 7) is 1.21. The van der Waals surface area contributed by atoms with E-state index in [1.807, 2.05) is 24.3 Å². The molecule has 1 aliphatic rings. The summed E-state index contributed by atoms with van der Waals surface area (Å²) in [6, 6.07) is 25.6. The number of rotatable bonds is 9. The predicted octanol–water partition coefficient (Wildman–Crippen LogP) is 4.45. The third-order valence-corrected chi connectivity index (χ3v) is 7.81. The van der Waals surface area contributed by atoms with Crippen LogP contribution < -0.4 is 19.5 Å². The first-order valence-electron chi connectivity index (χ1n) is 12.6. The molecule has 40 heavy (non-hydrogen) atoms. The van der Waals surface area contributed by atoms with Crippen molar-refractivity contribution in [1.82, 2.24) is 5.32 Å². The molecule has 1 atom stereocenters. The fourth-order valence-corrected chi connectivity index (χ4v) is 5.46. The Balaban J connectivity index is 1.14. The van der Waals surface area contributed by atoms with Gasteiger partial charge >= 0.3 is 5.97 Å². The molecule has 4 N–H and O–H groups in total. The lowest BCUT2D eigenvalue weighted by Gasteiger charge is -2.20. The minimum Gasteiger partial charge on any atom is -0.492 e. The number of ether oxygens (including phenoxy) is 2. The van der Waals surface area contributed by atoms with E-state index < -0.39 is 22.1 Å². The summed E-state index contributed by atoms with van der Waals surface area (Å²) in [4.78, 5) is 11.1. The fourth-order valence-electron chi connectivity index (χ4n) is 4.32. The molecule has 0 fully saturated rings. The van der Waals surface area contributed by atoms with Gasteiger partial charge in [-0.1, -0.05) is 42.5 Å². The van der Waals surface area contributed by atoms with E-state index in [1.165, 1.54) is 6.07 Å². The van der Waals surface area contributed by atoms with Gasteiger partial charge in [0.25, 0.3) is 10.0 Å². The number of aliphatic hydroxyl groups is 1. The number of nitrogens with one attached hydrogen (secondary N) is 2. The summed E-state index contributed by atoms with van der Waals surface area (Å²) in [6.07, 6.45) is -0.979. The van der Waals surface area contributed by atoms with Crippen LogP contribution in [0.2, 0.25) is 0 Å². The van der Waals surface area contributed by atoms with Gasteiger partial charge < -0.3 is 25.0 Å². The van der Waals surface area contributed by atoms with Gasteiger partial charge in [-0.05, 0) is 59.2 Å². The van der Waals surface area contributed by atoms with Crippen LogP contribution in [0.3, 0.4) is 0 Å². The molecule has 0 radical (unpaired) electrons. The van der Waals surface area contributed by atoms with E-state index in [0.717, 1.165) is 16.7 Å². The maximum atomic E-state index is 13.0. The molecule has 4 aromatic rings. The smallest absolute Gasteiger partial charge is 0.335 e. The second-order valence-corrected chi connectivity index (χ2v) is 10.9. The highest BCUT2D eigenvalue weighted by atomic mass is 32.2. The zero-order valence-electron chi connectivity index (χ0n) is 21.4. The van der Waals surface area contributed by atoms with Gasteiger partial charge in [0.05, 0.1) is 22.3 Å². The highest BCUT2D eigenvalue weighted by molar-refractivity contribution is 7.92. The van der Waals surface area contributed by atoms with Crippen LogP contribution in [0.4, 0.5) is 5.69 Å². The number of hydrogen-bond donors (Lipinski definition) is 4. The average molecular weight is 561 g/mol. The fraction of sp³-hybridized carbons (Fsp3) is 0.167. The van der Waals surface area contributed by atoms with Gasteiger partial charge in [0.2, 0.25) is 0 Å². The molecule has 0 saturated heterocycles. The van der Waals surface area contributed by atoms with Crippen molar-refractivity contribution in [3.8, 4) is 22.6 Å². The van der Waals surface area contributed by atoms with E-state index in [9.17, 15) is 18.3 Å². The van der Waals surface area contributed by atoms with E-state index in [-0.39, 0.29) is 29.3 Å². The van der Waals surface area contributed by atoms with Crippen LogP contribution in [0.5, 0.6) is 11.5 Å². The van der Waals surface area contributed by atoms with Gasteiger partial charge in [0.1, 0.15) is 24.7 Å². The van der Waals surface area contributed by atoms with Crippen molar-refractivity contribution in [3.63, 3.8) is 0 Å². The predicted molar refractivity (Wildman–Crippen MR) is 150 cm³/mol. The standard InChI is InChI=1S/C30H28N2O7S/c33-29(27-13-12-25-17-28(27)32-40(36,37)26-3-1-2-20(16-26)19-39-25)18-31-14-15-38-24-10-8-22(9-11-24)21-4-6-23(7-5-21)30(34)35/h1-13,16-17,29,31-33H,14-15,18-19H2,(H,34,35). The Hall–Kier alpha value is -4.38. The average Bonchev–Trinajstić information content (AvgIpc) is 2.96. The summed E-state index contributed by atoms with van der Waals surface area (Å²) in [5.74, 6) is 0.201. The third kappa shape index (κ3) is 6.42. The number of fused-ring (bicyclic) bond motifs is 4. The van der Waals surface area contributed by atoms with Crippen LogP contribution in [0.25, 0.3) is 11.1 Å². The Morgan fingerprint density at radius 2 is 1.70 bits per heavy atom. The Morgan fingerprint density at radius 1 is 0.975 bits per heavy atom. The van der Waals surface area contributed by atoms with Gasteiger partial charge in [-0.2, -0.15) is 0 Å². The molecule has 206 valence electrons. The summed E-state index contributed by atoms with van der Waals surface area (Å²) in [5.41, 5.74) is 3.50. The number of carboxylic acids is 1. The Morgan fingerprint density at radius 3 is 2.42 bits per heavy atom. The van der Waals surface area contributed by atoms with Gasteiger partial charge in [-0.15, -0.1) is 0 Å². The Bertz CT molecular complexity index is 1600. The molecule has 4 bridgehead atoms. The van der Waals surface area contributed by atoms with Crippen LogP contribution in [-0.2, 0) is 16.6 Å². The van der Waals surface area contributed by atoms with Crippen molar-refractivity contribution >= 4 is 21.7 Å². The largest absolute Gasteiger partial charge is 0.492 e. The van der Waals surface area contributed by atoms with Gasteiger partial charge in [-0.25, -0.2) is 13.2 Å². The minimum atomic E-state index is -3.84. The summed E-state index contributed by atoms with van der Waals surface area (Å²) >= 11 is 0. The quantitative estimate of drug-likeness (QED) is 0.221. The molecular weight excluding hydrogens is 532 g/mol. The maximum absolute atomic E-state index is 13.0. The molecule has 10 heteroatoms. The SMILES string of the molecule is O=C(O)c1ccc(-c2ccc(OCCNCC(O)c3ccc4cc3NS(=O)(=O)c3cccc(c3)CO4)cc2)cc1. The molecule has 0 amide bonds. The third-order valence-electron chi connectivity index (χ3n) is 6.45. The van der Waals surface area contributed by atoms with Crippen molar-refractivity contribution in [2.75, 3.05) is 24.4 Å². The van der Waals surface area contributed by atoms with E-state index in [4.69, 9.17) is 14.6 Å². The van der Waals surface area contributed by atoms with Crippen LogP contribution in [0.15, 0.2) is 95.9 Å². The van der Waals surface area contributed by atoms with Crippen LogP contribution in [0, 0.1) is 0 Å². The highest BCUT2D eigenvalue weighted by Crippen LogP contribution is 2.31. The van der Waals surface area contributed by atoms with E-state index in [2.05, 4.69) is 10.0 Å². The van der Waals surface area contributed by atoms with E-state index in [1.54, 1.807) is 60.7 Å². The van der Waals surface area contributed by atoms with Crippen molar-refractivity contribution in [2.24, 2.45) is 0 Å².